The van der Waals surface area contributed by atoms with Crippen molar-refractivity contribution in [1.29, 1.82) is 0 Å². The molecule has 0 saturated heterocycles. The molecule has 0 radical (unpaired) electrons. The second-order valence-electron chi connectivity index (χ2n) is 4.22. The van der Waals surface area contributed by atoms with Gasteiger partial charge in [0.2, 0.25) is 5.91 Å². The predicted octanol–water partition coefficient (Wildman–Crippen LogP) is 1.54. The number of hydrogen-bond donors (Lipinski definition) is 1. The van der Waals surface area contributed by atoms with Crippen molar-refractivity contribution in [3.63, 3.8) is 0 Å². The monoisotopic (exact) mass is 218 g/mol. The number of nitrogens with zero attached hydrogens (tertiary/aromatic N) is 1. The molecule has 0 aliphatic rings. The van der Waals surface area contributed by atoms with Gasteiger partial charge in [0.15, 0.2) is 0 Å². The Hall–Kier alpha value is -2.02. The number of carbonyl (C=O) groups is 1. The van der Waals surface area contributed by atoms with Crippen molar-refractivity contribution in [3.8, 4) is 17.9 Å². The van der Waals surface area contributed by atoms with Gasteiger partial charge in [0.1, 0.15) is 11.9 Å². The molecule has 0 saturated carbocycles. The number of amides is 1. The van der Waals surface area contributed by atoms with Gasteiger partial charge in [0.25, 0.3) is 0 Å². The highest BCUT2D eigenvalue weighted by Crippen LogP contribution is 2.11. The van der Waals surface area contributed by atoms with Gasteiger partial charge in [-0.3, -0.25) is 15.1 Å². The SMILES string of the molecule is CC(C)(C)C(=O)NC#COc1ccncc1. The molecule has 0 atom stereocenters. The zero-order valence-corrected chi connectivity index (χ0v) is 9.57. The van der Waals surface area contributed by atoms with Gasteiger partial charge in [-0.15, -0.1) is 0 Å². The first-order valence-corrected chi connectivity index (χ1v) is 4.87. The van der Waals surface area contributed by atoms with Crippen LogP contribution in [0.2, 0.25) is 0 Å². The largest absolute Gasteiger partial charge is 0.406 e. The van der Waals surface area contributed by atoms with Crippen LogP contribution in [-0.2, 0) is 4.79 Å². The summed E-state index contributed by atoms with van der Waals surface area (Å²) in [5, 5.41) is 2.45. The van der Waals surface area contributed by atoms with E-state index in [-0.39, 0.29) is 5.91 Å². The topological polar surface area (TPSA) is 51.2 Å². The van der Waals surface area contributed by atoms with E-state index < -0.39 is 5.41 Å². The maximum Gasteiger partial charge on any atom is 0.236 e. The molecule has 84 valence electrons. The minimum absolute atomic E-state index is 0.140. The molecule has 0 spiro atoms. The Balaban J connectivity index is 2.43. The third-order valence-corrected chi connectivity index (χ3v) is 1.73. The Bertz CT molecular complexity index is 410. The lowest BCUT2D eigenvalue weighted by atomic mass is 9.96. The molecule has 0 aliphatic heterocycles. The van der Waals surface area contributed by atoms with Gasteiger partial charge in [-0.2, -0.15) is 0 Å². The fourth-order valence-corrected chi connectivity index (χ4v) is 0.761. The number of hydrogen-bond acceptors (Lipinski definition) is 3. The van der Waals surface area contributed by atoms with Crippen molar-refractivity contribution in [2.75, 3.05) is 0 Å². The highest BCUT2D eigenvalue weighted by atomic mass is 16.5. The molecule has 0 unspecified atom stereocenters. The van der Waals surface area contributed by atoms with E-state index >= 15 is 0 Å². The first-order valence-electron chi connectivity index (χ1n) is 4.87. The summed E-state index contributed by atoms with van der Waals surface area (Å²) in [6.07, 6.45) is 5.60. The van der Waals surface area contributed by atoms with Crippen LogP contribution in [-0.4, -0.2) is 10.9 Å². The second kappa shape index (κ2) is 5.17. The second-order valence-corrected chi connectivity index (χ2v) is 4.22. The number of nitrogens with one attached hydrogen (secondary N) is 1. The van der Waals surface area contributed by atoms with Crippen molar-refractivity contribution in [1.82, 2.24) is 10.3 Å². The molecule has 0 aromatic carbocycles. The molecule has 1 amide bonds. The number of pyridine rings is 1. The van der Waals surface area contributed by atoms with Crippen molar-refractivity contribution >= 4 is 5.91 Å². The summed E-state index contributed by atoms with van der Waals surface area (Å²) in [4.78, 5) is 15.2. The van der Waals surface area contributed by atoms with Crippen molar-refractivity contribution in [3.05, 3.63) is 24.5 Å². The summed E-state index contributed by atoms with van der Waals surface area (Å²) in [7, 11) is 0. The number of ether oxygens (including phenoxy) is 1. The van der Waals surface area contributed by atoms with Gasteiger partial charge in [-0.25, -0.2) is 0 Å². The molecule has 1 aromatic rings. The van der Waals surface area contributed by atoms with Crippen LogP contribution in [0.5, 0.6) is 5.75 Å². The number of aromatic nitrogens is 1. The van der Waals surface area contributed by atoms with Gasteiger partial charge in [0, 0.05) is 29.9 Å². The van der Waals surface area contributed by atoms with Crippen LogP contribution in [0.3, 0.4) is 0 Å². The zero-order chi connectivity index (χ0) is 12.0. The van der Waals surface area contributed by atoms with Crippen LogP contribution in [0.25, 0.3) is 0 Å². The van der Waals surface area contributed by atoms with E-state index in [1.807, 2.05) is 20.8 Å². The van der Waals surface area contributed by atoms with Crippen LogP contribution in [0.4, 0.5) is 0 Å². The first-order chi connectivity index (χ1) is 7.50. The fourth-order valence-electron chi connectivity index (χ4n) is 0.761. The summed E-state index contributed by atoms with van der Waals surface area (Å²) in [5.41, 5.74) is -0.453. The average Bonchev–Trinajstić information content (AvgIpc) is 2.24. The van der Waals surface area contributed by atoms with E-state index in [4.69, 9.17) is 4.74 Å². The summed E-state index contributed by atoms with van der Waals surface area (Å²) in [6, 6.07) is 5.81. The van der Waals surface area contributed by atoms with Crippen LogP contribution < -0.4 is 10.1 Å². The molecule has 1 heterocycles. The zero-order valence-electron chi connectivity index (χ0n) is 9.57. The van der Waals surface area contributed by atoms with Gasteiger partial charge in [-0.05, 0) is 0 Å². The van der Waals surface area contributed by atoms with E-state index in [1.165, 1.54) is 0 Å². The molecule has 1 N–H and O–H groups in total. The Morgan fingerprint density at radius 2 is 2.00 bits per heavy atom. The van der Waals surface area contributed by atoms with Gasteiger partial charge < -0.3 is 4.74 Å². The lowest BCUT2D eigenvalue weighted by Crippen LogP contribution is -2.31. The maximum absolute atomic E-state index is 11.4. The van der Waals surface area contributed by atoms with Gasteiger partial charge in [-0.1, -0.05) is 20.8 Å². The van der Waals surface area contributed by atoms with Gasteiger partial charge in [0.05, 0.1) is 6.04 Å². The molecule has 0 aliphatic carbocycles. The summed E-state index contributed by atoms with van der Waals surface area (Å²) >= 11 is 0. The van der Waals surface area contributed by atoms with Crippen molar-refractivity contribution in [2.24, 2.45) is 5.41 Å². The molecule has 4 nitrogen and oxygen atoms in total. The van der Waals surface area contributed by atoms with E-state index in [9.17, 15) is 4.79 Å². The fraction of sp³-hybridized carbons (Fsp3) is 0.333. The van der Waals surface area contributed by atoms with Crippen LogP contribution in [0, 0.1) is 17.6 Å². The molecule has 1 aromatic heterocycles. The third kappa shape index (κ3) is 4.01. The summed E-state index contributed by atoms with van der Waals surface area (Å²) < 4.78 is 5.05. The minimum Gasteiger partial charge on any atom is -0.406 e. The third-order valence-electron chi connectivity index (χ3n) is 1.73. The van der Waals surface area contributed by atoms with Crippen LogP contribution in [0.1, 0.15) is 20.8 Å². The van der Waals surface area contributed by atoms with Gasteiger partial charge >= 0.3 is 0 Å². The molecular formula is C12H14N2O2. The molecular weight excluding hydrogens is 204 g/mol. The highest BCUT2D eigenvalue weighted by Gasteiger charge is 2.19. The van der Waals surface area contributed by atoms with Crippen LogP contribution >= 0.6 is 0 Å². The molecule has 1 rings (SSSR count). The summed E-state index contributed by atoms with van der Waals surface area (Å²) in [6.45, 7) is 5.44. The van der Waals surface area contributed by atoms with E-state index in [2.05, 4.69) is 22.5 Å². The van der Waals surface area contributed by atoms with Crippen molar-refractivity contribution in [2.45, 2.75) is 20.8 Å². The minimum atomic E-state index is -0.453. The van der Waals surface area contributed by atoms with E-state index in [0.29, 0.717) is 5.75 Å². The molecule has 0 fully saturated rings. The van der Waals surface area contributed by atoms with Crippen LogP contribution in [0.15, 0.2) is 24.5 Å². The number of rotatable bonds is 1. The van der Waals surface area contributed by atoms with Crippen molar-refractivity contribution < 1.29 is 9.53 Å². The summed E-state index contributed by atoms with van der Waals surface area (Å²) in [5.74, 6) is 0.450. The quantitative estimate of drug-likeness (QED) is 0.574. The smallest absolute Gasteiger partial charge is 0.236 e. The van der Waals surface area contributed by atoms with E-state index in [0.717, 1.165) is 0 Å². The first kappa shape index (κ1) is 12.1. The highest BCUT2D eigenvalue weighted by molar-refractivity contribution is 5.82. The van der Waals surface area contributed by atoms with E-state index in [1.54, 1.807) is 24.5 Å². The molecule has 0 bridgehead atoms. The average molecular weight is 218 g/mol. The predicted molar refractivity (Wildman–Crippen MR) is 60.2 cm³/mol. The molecule has 4 heteroatoms. The standard InChI is InChI=1S/C12H14N2O2/c1-12(2,3)11(15)14-8-9-16-10-4-6-13-7-5-10/h4-7H,1-3H3,(H,14,15). The lowest BCUT2D eigenvalue weighted by molar-refractivity contribution is -0.127. The molecule has 16 heavy (non-hydrogen) atoms. The number of carbonyl (C=O) groups excluding carboxylic acids is 1. The Labute approximate surface area is 95.0 Å². The lowest BCUT2D eigenvalue weighted by Gasteiger charge is -2.13. The maximum atomic E-state index is 11.4. The Morgan fingerprint density at radius 1 is 1.38 bits per heavy atom. The normalized spacial score (nSPS) is 9.94. The Morgan fingerprint density at radius 3 is 2.56 bits per heavy atom. The Kier molecular flexibility index (Phi) is 3.90.